The quantitative estimate of drug-likeness (QED) is 0.406. The van der Waals surface area contributed by atoms with Crippen LogP contribution in [-0.4, -0.2) is 0 Å². The third-order valence-corrected chi connectivity index (χ3v) is 0. The SMILES string of the molecule is C.C.C.CC.CCC.CCC.CCC.CCC. The van der Waals surface area contributed by atoms with Gasteiger partial charge in [-0.25, -0.2) is 0 Å². The Morgan fingerprint density at radius 2 is 0.353 bits per heavy atom. The monoisotopic (exact) mass is 254 g/mol. The highest BCUT2D eigenvalue weighted by Crippen LogP contribution is 1.57. The van der Waals surface area contributed by atoms with Gasteiger partial charge in [0.05, 0.1) is 0 Å². The zero-order chi connectivity index (χ0) is 12.8. The predicted molar refractivity (Wildman–Crippen MR) is 95.4 cm³/mol. The summed E-state index contributed by atoms with van der Waals surface area (Å²) in [6.45, 7) is 21.0. The molecule has 0 aromatic heterocycles. The topological polar surface area (TPSA) is 0 Å². The molecule has 0 heterocycles. The maximum absolute atomic E-state index is 2.12. The van der Waals surface area contributed by atoms with Gasteiger partial charge < -0.3 is 0 Å². The Kier molecular flexibility index (Phi) is 711. The zero-order valence-electron chi connectivity index (χ0n) is 12.8. The van der Waals surface area contributed by atoms with Crippen molar-refractivity contribution in [3.05, 3.63) is 0 Å². The van der Waals surface area contributed by atoms with Crippen molar-refractivity contribution in [3.63, 3.8) is 0 Å². The highest BCUT2D eigenvalue weighted by Gasteiger charge is 1.36. The van der Waals surface area contributed by atoms with Crippen LogP contribution in [0, 0.1) is 0 Å². The van der Waals surface area contributed by atoms with Crippen LogP contribution in [0.5, 0.6) is 0 Å². The van der Waals surface area contributed by atoms with E-state index in [0.29, 0.717) is 0 Å². The van der Waals surface area contributed by atoms with Crippen molar-refractivity contribution in [1.82, 2.24) is 0 Å². The first kappa shape index (κ1) is 53.7. The molecule has 0 rings (SSSR count). The fourth-order valence-corrected chi connectivity index (χ4v) is 0. The van der Waals surface area contributed by atoms with Crippen molar-refractivity contribution in [3.8, 4) is 0 Å². The average molecular weight is 255 g/mol. The minimum absolute atomic E-state index is 0. The van der Waals surface area contributed by atoms with Crippen molar-refractivity contribution in [2.24, 2.45) is 0 Å². The molecule has 118 valence electrons. The third kappa shape index (κ3) is 0. The lowest BCUT2D eigenvalue weighted by molar-refractivity contribution is 1.09. The van der Waals surface area contributed by atoms with Gasteiger partial charge in [0.25, 0.3) is 0 Å². The maximum Gasteiger partial charge on any atom is -0.0590 e. The molecule has 0 N–H and O–H groups in total. The summed E-state index contributed by atoms with van der Waals surface area (Å²) in [4.78, 5) is 0. The summed E-state index contributed by atoms with van der Waals surface area (Å²) in [5.74, 6) is 0. The van der Waals surface area contributed by atoms with Gasteiger partial charge in [0.2, 0.25) is 0 Å². The van der Waals surface area contributed by atoms with Crippen LogP contribution < -0.4 is 0 Å². The smallest absolute Gasteiger partial charge is 0.0590 e. The van der Waals surface area contributed by atoms with Gasteiger partial charge in [-0.2, -0.15) is 0 Å². The van der Waals surface area contributed by atoms with Crippen molar-refractivity contribution in [1.29, 1.82) is 0 Å². The maximum atomic E-state index is 2.12. The zero-order valence-corrected chi connectivity index (χ0v) is 12.8. The molecule has 0 heteroatoms. The summed E-state index contributed by atoms with van der Waals surface area (Å²) in [6.07, 6.45) is 5.00. The van der Waals surface area contributed by atoms with Gasteiger partial charge in [-0.3, -0.25) is 0 Å². The fraction of sp³-hybridized carbons (Fsp3) is 1.00. The van der Waals surface area contributed by atoms with Crippen molar-refractivity contribution >= 4 is 0 Å². The van der Waals surface area contributed by atoms with Crippen molar-refractivity contribution in [2.75, 3.05) is 0 Å². The molecule has 0 atom stereocenters. The van der Waals surface area contributed by atoms with Crippen LogP contribution >= 0.6 is 0 Å². The van der Waals surface area contributed by atoms with E-state index in [-0.39, 0.29) is 22.3 Å². The molecule has 0 unspecified atom stereocenters. The van der Waals surface area contributed by atoms with E-state index in [1.165, 1.54) is 25.7 Å². The molecule has 0 amide bonds. The molecule has 0 fully saturated rings. The highest BCUT2D eigenvalue weighted by molar-refractivity contribution is 3.93. The van der Waals surface area contributed by atoms with Crippen molar-refractivity contribution in [2.45, 2.75) is 117 Å². The van der Waals surface area contributed by atoms with E-state index in [0.717, 1.165) is 0 Å². The van der Waals surface area contributed by atoms with Gasteiger partial charge in [-0.1, -0.05) is 117 Å². The van der Waals surface area contributed by atoms with E-state index in [1.54, 1.807) is 0 Å². The van der Waals surface area contributed by atoms with Crippen molar-refractivity contribution < 1.29 is 0 Å². The Hall–Kier alpha value is 0. The molecule has 0 saturated heterocycles. The van der Waals surface area contributed by atoms with Crippen LogP contribution in [0.25, 0.3) is 0 Å². The van der Waals surface area contributed by atoms with Gasteiger partial charge in [0.1, 0.15) is 0 Å². The molecule has 17 heavy (non-hydrogen) atoms. The highest BCUT2D eigenvalue weighted by atomic mass is 13.4. The predicted octanol–water partition coefficient (Wildman–Crippen LogP) is 8.60. The summed E-state index contributed by atoms with van der Waals surface area (Å²) in [5.41, 5.74) is 0. The molecule has 0 aliphatic heterocycles. The Labute approximate surface area is 118 Å². The van der Waals surface area contributed by atoms with Gasteiger partial charge >= 0.3 is 0 Å². The first-order valence-electron chi connectivity index (χ1n) is 6.66. The summed E-state index contributed by atoms with van der Waals surface area (Å²) < 4.78 is 0. The minimum atomic E-state index is 0. The summed E-state index contributed by atoms with van der Waals surface area (Å²) in [6, 6.07) is 0. The van der Waals surface area contributed by atoms with Crippen LogP contribution in [-0.2, 0) is 0 Å². The van der Waals surface area contributed by atoms with E-state index < -0.39 is 0 Å². The second-order valence-electron chi connectivity index (χ2n) is 2.83. The summed E-state index contributed by atoms with van der Waals surface area (Å²) >= 11 is 0. The normalized spacial score (nSPS) is 4.59. The average Bonchev–Trinajstić information content (AvgIpc) is 2.12. The van der Waals surface area contributed by atoms with Gasteiger partial charge in [0.15, 0.2) is 0 Å². The third-order valence-electron chi connectivity index (χ3n) is 0. The molecule has 0 aromatic rings. The first-order chi connectivity index (χ1) is 6.66. The largest absolute Gasteiger partial charge is 0.0776 e. The number of hydrogen-bond acceptors (Lipinski definition) is 0. The summed E-state index contributed by atoms with van der Waals surface area (Å²) in [7, 11) is 0. The lowest BCUT2D eigenvalue weighted by Gasteiger charge is -1.48. The van der Waals surface area contributed by atoms with E-state index in [2.05, 4.69) is 55.4 Å². The van der Waals surface area contributed by atoms with Crippen LogP contribution in [0.2, 0.25) is 0 Å². The molecule has 0 saturated carbocycles. The van der Waals surface area contributed by atoms with E-state index in [9.17, 15) is 0 Å². The molecular formula is C17H50. The number of hydrogen-bond donors (Lipinski definition) is 0. The first-order valence-corrected chi connectivity index (χ1v) is 6.66. The van der Waals surface area contributed by atoms with E-state index in [4.69, 9.17) is 0 Å². The molecule has 0 aromatic carbocycles. The minimum Gasteiger partial charge on any atom is -0.0776 e. The molecule has 0 bridgehead atoms. The molecule has 0 radical (unpaired) electrons. The second-order valence-corrected chi connectivity index (χ2v) is 2.83. The molecule has 0 aliphatic carbocycles. The lowest BCUT2D eigenvalue weighted by atomic mass is 10.6. The van der Waals surface area contributed by atoms with Crippen LogP contribution in [0.1, 0.15) is 117 Å². The fourth-order valence-electron chi connectivity index (χ4n) is 0. The second kappa shape index (κ2) is 225. The Bertz CT molecular complexity index is 8.00. The number of rotatable bonds is 0. The molecule has 0 aliphatic rings. The standard InChI is InChI=1S/4C3H8.C2H6.3CH4/c4*1-3-2;1-2;;;/h4*3H2,1-2H3;1-2H3;3*1H4. The van der Waals surface area contributed by atoms with Crippen LogP contribution in [0.3, 0.4) is 0 Å². The Morgan fingerprint density at radius 3 is 0.353 bits per heavy atom. The summed E-state index contributed by atoms with van der Waals surface area (Å²) in [5, 5.41) is 0. The van der Waals surface area contributed by atoms with E-state index >= 15 is 0 Å². The van der Waals surface area contributed by atoms with Gasteiger partial charge in [-0.15, -0.1) is 0 Å². The molecule has 0 nitrogen and oxygen atoms in total. The van der Waals surface area contributed by atoms with Gasteiger partial charge in [0, 0.05) is 0 Å². The Balaban J connectivity index is -0.00000000957. The van der Waals surface area contributed by atoms with Crippen LogP contribution in [0.4, 0.5) is 0 Å². The lowest BCUT2D eigenvalue weighted by Crippen LogP contribution is -1.27. The molecular weight excluding hydrogens is 204 g/mol. The Morgan fingerprint density at radius 1 is 0.353 bits per heavy atom. The molecule has 0 spiro atoms. The van der Waals surface area contributed by atoms with Crippen LogP contribution in [0.15, 0.2) is 0 Å². The van der Waals surface area contributed by atoms with E-state index in [1.807, 2.05) is 13.8 Å². The van der Waals surface area contributed by atoms with Gasteiger partial charge in [-0.05, 0) is 0 Å².